The monoisotopic (exact) mass is 334 g/mol. The first-order valence-electron chi connectivity index (χ1n) is 8.03. The van der Waals surface area contributed by atoms with Crippen molar-refractivity contribution in [3.63, 3.8) is 0 Å². The Morgan fingerprint density at radius 3 is 2.12 bits per heavy atom. The maximum Gasteiger partial charge on any atom is 0.321 e. The maximum absolute atomic E-state index is 12.3. The molecule has 2 aromatic carbocycles. The van der Waals surface area contributed by atoms with Crippen molar-refractivity contribution >= 4 is 11.9 Å². The second kappa shape index (κ2) is 7.23. The van der Waals surface area contributed by atoms with Gasteiger partial charge in [-0.1, -0.05) is 48.5 Å². The third kappa shape index (κ3) is 3.14. The van der Waals surface area contributed by atoms with Crippen LogP contribution in [0.15, 0.2) is 48.5 Å². The van der Waals surface area contributed by atoms with Crippen LogP contribution in [0.5, 0.6) is 0 Å². The molecule has 0 aromatic heterocycles. The zero-order valence-corrected chi connectivity index (χ0v) is 13.9. The van der Waals surface area contributed by atoms with E-state index in [1.165, 1.54) is 7.11 Å². The molecule has 3 rings (SSSR count). The van der Waals surface area contributed by atoms with Crippen LogP contribution in [0.25, 0.3) is 11.1 Å². The summed E-state index contributed by atoms with van der Waals surface area (Å²) in [5.41, 5.74) is 4.52. The van der Waals surface area contributed by atoms with E-state index in [9.17, 15) is 9.59 Å². The first-order chi connectivity index (χ1) is 12.2. The zero-order valence-electron chi connectivity index (χ0n) is 13.9. The molecule has 0 heterocycles. The van der Waals surface area contributed by atoms with E-state index in [2.05, 4.69) is 22.8 Å². The summed E-state index contributed by atoms with van der Waals surface area (Å²) in [6.45, 7) is 0.158. The molecule has 0 N–H and O–H groups in total. The first-order valence-corrected chi connectivity index (χ1v) is 8.03. The maximum atomic E-state index is 12.3. The van der Waals surface area contributed by atoms with E-state index >= 15 is 0 Å². The van der Waals surface area contributed by atoms with Crippen molar-refractivity contribution in [3.8, 4) is 23.5 Å². The second-order valence-electron chi connectivity index (χ2n) is 5.84. The van der Waals surface area contributed by atoms with Gasteiger partial charge in [0.15, 0.2) is 5.92 Å². The predicted molar refractivity (Wildman–Crippen MR) is 93.6 cm³/mol. The van der Waals surface area contributed by atoms with Gasteiger partial charge in [0.1, 0.15) is 6.61 Å². The van der Waals surface area contributed by atoms with Gasteiger partial charge in [0.25, 0.3) is 0 Å². The average Bonchev–Trinajstić information content (AvgIpc) is 2.97. The summed E-state index contributed by atoms with van der Waals surface area (Å²) in [5, 5.41) is 0. The quantitative estimate of drug-likeness (QED) is 0.479. The number of carbonyl (C=O) groups is 2. The highest BCUT2D eigenvalue weighted by atomic mass is 16.5. The van der Waals surface area contributed by atoms with E-state index in [4.69, 9.17) is 11.2 Å². The van der Waals surface area contributed by atoms with Gasteiger partial charge < -0.3 is 9.47 Å². The molecule has 0 fully saturated rings. The third-order valence-corrected chi connectivity index (χ3v) is 4.45. The van der Waals surface area contributed by atoms with Gasteiger partial charge in [-0.05, 0) is 22.3 Å². The molecule has 4 heteroatoms. The molecule has 0 amide bonds. The fraction of sp³-hybridized carbons (Fsp3) is 0.238. The summed E-state index contributed by atoms with van der Waals surface area (Å²) in [6.07, 6.45) is 5.20. The zero-order chi connectivity index (χ0) is 17.8. The van der Waals surface area contributed by atoms with Gasteiger partial charge in [0.2, 0.25) is 0 Å². The predicted octanol–water partition coefficient (Wildman–Crippen LogP) is 3.15. The van der Waals surface area contributed by atoms with E-state index in [0.717, 1.165) is 22.3 Å². The summed E-state index contributed by atoms with van der Waals surface area (Å²) < 4.78 is 10.1. The topological polar surface area (TPSA) is 52.6 Å². The largest absolute Gasteiger partial charge is 0.468 e. The molecular formula is C21H18O4. The number of rotatable bonds is 5. The number of benzene rings is 2. The summed E-state index contributed by atoms with van der Waals surface area (Å²) in [7, 11) is 1.22. The highest BCUT2D eigenvalue weighted by Gasteiger charge is 2.32. The van der Waals surface area contributed by atoms with Crippen LogP contribution in [-0.4, -0.2) is 25.7 Å². The van der Waals surface area contributed by atoms with Crippen LogP contribution < -0.4 is 0 Å². The van der Waals surface area contributed by atoms with Crippen LogP contribution >= 0.6 is 0 Å². The lowest BCUT2D eigenvalue weighted by atomic mass is 9.98. The van der Waals surface area contributed by atoms with Crippen molar-refractivity contribution in [1.29, 1.82) is 0 Å². The molecule has 4 nitrogen and oxygen atoms in total. The van der Waals surface area contributed by atoms with Crippen molar-refractivity contribution in [2.75, 3.05) is 13.7 Å². The molecule has 0 unspecified atom stereocenters. The molecule has 0 saturated heterocycles. The number of terminal acetylenes is 1. The van der Waals surface area contributed by atoms with E-state index < -0.39 is 17.9 Å². The summed E-state index contributed by atoms with van der Waals surface area (Å²) in [5.74, 6) is -0.133. The lowest BCUT2D eigenvalue weighted by Gasteiger charge is -2.16. The Labute approximate surface area is 146 Å². The van der Waals surface area contributed by atoms with Crippen molar-refractivity contribution in [2.24, 2.45) is 5.92 Å². The average molecular weight is 334 g/mol. The van der Waals surface area contributed by atoms with Crippen LogP contribution in [0.1, 0.15) is 23.5 Å². The Morgan fingerprint density at radius 1 is 1.04 bits per heavy atom. The SMILES string of the molecule is C#CC[C@H](C(=O)OC)C(=O)OCC1c2ccccc2-c2ccccc21. The molecule has 126 valence electrons. The molecule has 0 spiro atoms. The van der Waals surface area contributed by atoms with Crippen LogP contribution in [0.2, 0.25) is 0 Å². The Kier molecular flexibility index (Phi) is 4.85. The fourth-order valence-electron chi connectivity index (χ4n) is 3.23. The number of hydrogen-bond donors (Lipinski definition) is 0. The fourth-order valence-corrected chi connectivity index (χ4v) is 3.23. The number of methoxy groups -OCH3 is 1. The van der Waals surface area contributed by atoms with E-state index in [0.29, 0.717) is 0 Å². The number of esters is 2. The van der Waals surface area contributed by atoms with Crippen molar-refractivity contribution in [2.45, 2.75) is 12.3 Å². The highest BCUT2D eigenvalue weighted by Crippen LogP contribution is 2.44. The minimum atomic E-state index is -1.08. The molecule has 1 atom stereocenters. The van der Waals surface area contributed by atoms with Gasteiger partial charge in [-0.2, -0.15) is 0 Å². The number of fused-ring (bicyclic) bond motifs is 3. The third-order valence-electron chi connectivity index (χ3n) is 4.45. The normalized spacial score (nSPS) is 13.3. The molecule has 2 aromatic rings. The molecule has 0 radical (unpaired) electrons. The first kappa shape index (κ1) is 16.8. The Morgan fingerprint density at radius 2 is 1.60 bits per heavy atom. The lowest BCUT2D eigenvalue weighted by molar-refractivity contribution is -0.160. The smallest absolute Gasteiger partial charge is 0.321 e. The molecule has 0 aliphatic heterocycles. The summed E-state index contributed by atoms with van der Waals surface area (Å²) in [6, 6.07) is 16.1. The standard InChI is InChI=1S/C21H18O4/c1-3-8-18(20(22)24-2)21(23)25-13-19-16-11-6-4-9-14(16)15-10-5-7-12-17(15)19/h1,4-7,9-12,18-19H,8,13H2,2H3/t18-/m1/s1. The molecule has 0 saturated carbocycles. The molecular weight excluding hydrogens is 316 g/mol. The van der Waals surface area contributed by atoms with Gasteiger partial charge in [-0.3, -0.25) is 9.59 Å². The number of ether oxygens (including phenoxy) is 2. The summed E-state index contributed by atoms with van der Waals surface area (Å²) in [4.78, 5) is 24.0. The van der Waals surface area contributed by atoms with E-state index in [-0.39, 0.29) is 18.9 Å². The van der Waals surface area contributed by atoms with Crippen LogP contribution in [0.3, 0.4) is 0 Å². The van der Waals surface area contributed by atoms with Crippen molar-refractivity contribution < 1.29 is 19.1 Å². The molecule has 25 heavy (non-hydrogen) atoms. The van der Waals surface area contributed by atoms with Crippen LogP contribution in [0, 0.1) is 18.3 Å². The van der Waals surface area contributed by atoms with Crippen molar-refractivity contribution in [3.05, 3.63) is 59.7 Å². The van der Waals surface area contributed by atoms with E-state index in [1.807, 2.05) is 36.4 Å². The van der Waals surface area contributed by atoms with Crippen LogP contribution in [-0.2, 0) is 19.1 Å². The minimum Gasteiger partial charge on any atom is -0.468 e. The number of hydrogen-bond acceptors (Lipinski definition) is 4. The van der Waals surface area contributed by atoms with Gasteiger partial charge in [0.05, 0.1) is 7.11 Å². The highest BCUT2D eigenvalue weighted by molar-refractivity contribution is 5.95. The van der Waals surface area contributed by atoms with Gasteiger partial charge >= 0.3 is 11.9 Å². The molecule has 0 bridgehead atoms. The second-order valence-corrected chi connectivity index (χ2v) is 5.84. The van der Waals surface area contributed by atoms with Crippen molar-refractivity contribution in [1.82, 2.24) is 0 Å². The minimum absolute atomic E-state index is 0.0383. The van der Waals surface area contributed by atoms with Gasteiger partial charge in [-0.15, -0.1) is 12.3 Å². The van der Waals surface area contributed by atoms with Crippen LogP contribution in [0.4, 0.5) is 0 Å². The summed E-state index contributed by atoms with van der Waals surface area (Å²) >= 11 is 0. The Hall–Kier alpha value is -3.06. The van der Waals surface area contributed by atoms with Gasteiger partial charge in [-0.25, -0.2) is 0 Å². The van der Waals surface area contributed by atoms with Gasteiger partial charge in [0, 0.05) is 12.3 Å². The number of carbonyl (C=O) groups excluding carboxylic acids is 2. The molecule has 1 aliphatic rings. The Balaban J connectivity index is 1.81. The molecule has 1 aliphatic carbocycles. The Bertz CT molecular complexity index is 801. The lowest BCUT2D eigenvalue weighted by Crippen LogP contribution is -2.28. The van der Waals surface area contributed by atoms with E-state index in [1.54, 1.807) is 0 Å².